The normalized spacial score (nSPS) is 10.8. The molecule has 0 aliphatic heterocycles. The second kappa shape index (κ2) is 6.72. The van der Waals surface area contributed by atoms with Crippen molar-refractivity contribution >= 4 is 11.9 Å². The fourth-order valence-electron chi connectivity index (χ4n) is 2.48. The third-order valence-electron chi connectivity index (χ3n) is 3.84. The van der Waals surface area contributed by atoms with Gasteiger partial charge in [0, 0.05) is 5.56 Å². The lowest BCUT2D eigenvalue weighted by molar-refractivity contribution is 0.0919. The maximum absolute atomic E-state index is 12.7. The molecule has 0 amide bonds. The van der Waals surface area contributed by atoms with Crippen molar-refractivity contribution in [2.75, 3.05) is 5.32 Å². The standard InChI is InChI=1S/C19H16N4O3/c1-13-6-8-14(9-7-13)17-21-19(20-12-15-4-2-10-25-15)23(22-17)18(24)16-5-3-11-26-16/h2-11H,12H2,1H3,(H,20,21,22). The van der Waals surface area contributed by atoms with Crippen LogP contribution in [0.2, 0.25) is 0 Å². The molecule has 130 valence electrons. The average molecular weight is 348 g/mol. The van der Waals surface area contributed by atoms with Gasteiger partial charge in [0.1, 0.15) is 5.76 Å². The van der Waals surface area contributed by atoms with Crippen LogP contribution < -0.4 is 5.32 Å². The summed E-state index contributed by atoms with van der Waals surface area (Å²) in [5, 5.41) is 7.46. The monoisotopic (exact) mass is 348 g/mol. The largest absolute Gasteiger partial charge is 0.467 e. The molecule has 0 aliphatic rings. The summed E-state index contributed by atoms with van der Waals surface area (Å²) in [4.78, 5) is 17.2. The molecule has 0 fully saturated rings. The Morgan fingerprint density at radius 3 is 2.54 bits per heavy atom. The smallest absolute Gasteiger partial charge is 0.317 e. The second-order valence-corrected chi connectivity index (χ2v) is 5.75. The molecule has 7 heteroatoms. The van der Waals surface area contributed by atoms with E-state index in [0.29, 0.717) is 18.3 Å². The van der Waals surface area contributed by atoms with Crippen LogP contribution in [0.25, 0.3) is 11.4 Å². The molecule has 0 radical (unpaired) electrons. The highest BCUT2D eigenvalue weighted by Crippen LogP contribution is 2.20. The van der Waals surface area contributed by atoms with Gasteiger partial charge in [-0.2, -0.15) is 9.67 Å². The van der Waals surface area contributed by atoms with Crippen molar-refractivity contribution in [3.05, 3.63) is 78.1 Å². The highest BCUT2D eigenvalue weighted by atomic mass is 16.3. The summed E-state index contributed by atoms with van der Waals surface area (Å²) in [6.45, 7) is 2.39. The molecule has 1 N–H and O–H groups in total. The van der Waals surface area contributed by atoms with E-state index < -0.39 is 5.91 Å². The Bertz CT molecular complexity index is 1000. The van der Waals surface area contributed by atoms with Crippen LogP contribution in [0.5, 0.6) is 0 Å². The minimum Gasteiger partial charge on any atom is -0.467 e. The molecule has 0 spiro atoms. The summed E-state index contributed by atoms with van der Waals surface area (Å²) in [6.07, 6.45) is 3.04. The maximum Gasteiger partial charge on any atom is 0.317 e. The quantitative estimate of drug-likeness (QED) is 0.591. The Hall–Kier alpha value is -3.61. The van der Waals surface area contributed by atoms with E-state index in [0.717, 1.165) is 16.9 Å². The first-order valence-electron chi connectivity index (χ1n) is 8.09. The van der Waals surface area contributed by atoms with Gasteiger partial charge in [-0.3, -0.25) is 4.79 Å². The number of carbonyl (C=O) groups excluding carboxylic acids is 1. The fraction of sp³-hybridized carbons (Fsp3) is 0.105. The fourth-order valence-corrected chi connectivity index (χ4v) is 2.48. The number of nitrogens with zero attached hydrogens (tertiary/aromatic N) is 3. The first kappa shape index (κ1) is 15.9. The van der Waals surface area contributed by atoms with Gasteiger partial charge in [0.05, 0.1) is 19.1 Å². The van der Waals surface area contributed by atoms with E-state index in [1.165, 1.54) is 10.9 Å². The molecule has 0 saturated heterocycles. The summed E-state index contributed by atoms with van der Waals surface area (Å²) >= 11 is 0. The number of benzene rings is 1. The third-order valence-corrected chi connectivity index (χ3v) is 3.84. The van der Waals surface area contributed by atoms with Crippen LogP contribution >= 0.6 is 0 Å². The number of nitrogens with one attached hydrogen (secondary N) is 1. The van der Waals surface area contributed by atoms with Gasteiger partial charge in [-0.15, -0.1) is 5.10 Å². The lowest BCUT2D eigenvalue weighted by Gasteiger charge is -2.04. The Kier molecular flexibility index (Phi) is 4.10. The van der Waals surface area contributed by atoms with Gasteiger partial charge in [0.2, 0.25) is 5.95 Å². The molecule has 3 aromatic heterocycles. The Labute approximate surface area is 149 Å². The Morgan fingerprint density at radius 2 is 1.85 bits per heavy atom. The van der Waals surface area contributed by atoms with Gasteiger partial charge in [-0.05, 0) is 31.2 Å². The van der Waals surface area contributed by atoms with E-state index in [1.807, 2.05) is 37.3 Å². The molecule has 0 unspecified atom stereocenters. The first-order chi connectivity index (χ1) is 12.7. The van der Waals surface area contributed by atoms with E-state index >= 15 is 0 Å². The van der Waals surface area contributed by atoms with E-state index in [4.69, 9.17) is 8.83 Å². The number of anilines is 1. The molecule has 0 atom stereocenters. The summed E-state index contributed by atoms with van der Waals surface area (Å²) in [7, 11) is 0. The molecule has 26 heavy (non-hydrogen) atoms. The average Bonchev–Trinajstić information content (AvgIpc) is 3.41. The second-order valence-electron chi connectivity index (χ2n) is 5.75. The van der Waals surface area contributed by atoms with Gasteiger partial charge < -0.3 is 14.2 Å². The Balaban J connectivity index is 1.69. The third kappa shape index (κ3) is 3.14. The van der Waals surface area contributed by atoms with Gasteiger partial charge in [0.15, 0.2) is 11.6 Å². The van der Waals surface area contributed by atoms with E-state index in [1.54, 1.807) is 24.5 Å². The summed E-state index contributed by atoms with van der Waals surface area (Å²) in [5.41, 5.74) is 1.96. The number of hydrogen-bond acceptors (Lipinski definition) is 6. The zero-order valence-corrected chi connectivity index (χ0v) is 14.0. The number of furan rings is 2. The molecule has 7 nitrogen and oxygen atoms in total. The molecule has 4 rings (SSSR count). The zero-order valence-electron chi connectivity index (χ0n) is 14.0. The van der Waals surface area contributed by atoms with Crippen molar-refractivity contribution in [2.24, 2.45) is 0 Å². The van der Waals surface area contributed by atoms with Crippen LogP contribution in [0.3, 0.4) is 0 Å². The van der Waals surface area contributed by atoms with Crippen LogP contribution in [-0.4, -0.2) is 20.7 Å². The zero-order chi connectivity index (χ0) is 17.9. The van der Waals surface area contributed by atoms with E-state index in [9.17, 15) is 4.79 Å². The SMILES string of the molecule is Cc1ccc(-c2nc(NCc3ccco3)n(C(=O)c3ccco3)n2)cc1. The Morgan fingerprint density at radius 1 is 1.08 bits per heavy atom. The summed E-state index contributed by atoms with van der Waals surface area (Å²) in [5.74, 6) is 1.28. The first-order valence-corrected chi connectivity index (χ1v) is 8.09. The lowest BCUT2D eigenvalue weighted by Crippen LogP contribution is -2.17. The maximum atomic E-state index is 12.7. The van der Waals surface area contributed by atoms with Crippen molar-refractivity contribution in [3.63, 3.8) is 0 Å². The number of aromatic nitrogens is 3. The molecular weight excluding hydrogens is 332 g/mol. The molecule has 4 aromatic rings. The van der Waals surface area contributed by atoms with Gasteiger partial charge in [-0.25, -0.2) is 0 Å². The van der Waals surface area contributed by atoms with Crippen LogP contribution in [0.4, 0.5) is 5.95 Å². The van der Waals surface area contributed by atoms with E-state index in [2.05, 4.69) is 15.4 Å². The number of carbonyl (C=O) groups is 1. The van der Waals surface area contributed by atoms with E-state index in [-0.39, 0.29) is 5.76 Å². The van der Waals surface area contributed by atoms with Crippen LogP contribution in [0.1, 0.15) is 21.9 Å². The molecule has 1 aromatic carbocycles. The lowest BCUT2D eigenvalue weighted by atomic mass is 10.1. The van der Waals surface area contributed by atoms with Gasteiger partial charge >= 0.3 is 5.91 Å². The van der Waals surface area contributed by atoms with Crippen molar-refractivity contribution in [3.8, 4) is 11.4 Å². The van der Waals surface area contributed by atoms with Crippen molar-refractivity contribution < 1.29 is 13.6 Å². The minimum absolute atomic E-state index is 0.186. The van der Waals surface area contributed by atoms with Crippen LogP contribution in [0.15, 0.2) is 69.9 Å². The minimum atomic E-state index is -0.400. The van der Waals surface area contributed by atoms with Crippen LogP contribution in [0, 0.1) is 6.92 Å². The highest BCUT2D eigenvalue weighted by Gasteiger charge is 2.20. The number of hydrogen-bond donors (Lipinski definition) is 1. The van der Waals surface area contributed by atoms with Crippen molar-refractivity contribution in [1.29, 1.82) is 0 Å². The molecule has 0 bridgehead atoms. The topological polar surface area (TPSA) is 86.1 Å². The van der Waals surface area contributed by atoms with Gasteiger partial charge in [-0.1, -0.05) is 29.8 Å². The predicted molar refractivity (Wildman–Crippen MR) is 94.7 cm³/mol. The molecule has 0 saturated carbocycles. The van der Waals surface area contributed by atoms with Crippen molar-refractivity contribution in [2.45, 2.75) is 13.5 Å². The van der Waals surface area contributed by atoms with Crippen molar-refractivity contribution in [1.82, 2.24) is 14.8 Å². The summed E-state index contributed by atoms with van der Waals surface area (Å²) in [6, 6.07) is 14.7. The number of aryl methyl sites for hydroxylation is 1. The highest BCUT2D eigenvalue weighted by molar-refractivity contribution is 5.94. The van der Waals surface area contributed by atoms with Crippen LogP contribution in [-0.2, 0) is 6.54 Å². The number of rotatable bonds is 5. The van der Waals surface area contributed by atoms with Gasteiger partial charge in [0.25, 0.3) is 0 Å². The molecular formula is C19H16N4O3. The molecule has 3 heterocycles. The predicted octanol–water partition coefficient (Wildman–Crippen LogP) is 3.74. The summed E-state index contributed by atoms with van der Waals surface area (Å²) < 4.78 is 11.7. The molecule has 0 aliphatic carbocycles.